The number of anilines is 2. The predicted molar refractivity (Wildman–Crippen MR) is 84.7 cm³/mol. The number of nitrogens with zero attached hydrogens (tertiary/aromatic N) is 2. The summed E-state index contributed by atoms with van der Waals surface area (Å²) in [5, 5.41) is 2.55. The Morgan fingerprint density at radius 2 is 1.85 bits per heavy atom. The lowest BCUT2D eigenvalue weighted by atomic mass is 10.0. The summed E-state index contributed by atoms with van der Waals surface area (Å²) in [4.78, 5) is 6.18. The van der Waals surface area contributed by atoms with E-state index in [0.29, 0.717) is 5.69 Å². The molecule has 0 bridgehead atoms. The number of pyridine rings is 1. The Labute approximate surface area is 118 Å². The monoisotopic (exact) mass is 263 g/mol. The molecule has 0 saturated heterocycles. The zero-order valence-corrected chi connectivity index (χ0v) is 11.5. The van der Waals surface area contributed by atoms with Crippen LogP contribution in [0.25, 0.3) is 10.8 Å². The van der Waals surface area contributed by atoms with Gasteiger partial charge < -0.3 is 10.6 Å². The molecule has 1 aromatic heterocycles. The van der Waals surface area contributed by atoms with Gasteiger partial charge in [-0.15, -0.1) is 0 Å². The fourth-order valence-electron chi connectivity index (χ4n) is 2.52. The number of rotatable bonds is 3. The van der Waals surface area contributed by atoms with E-state index in [-0.39, 0.29) is 0 Å². The van der Waals surface area contributed by atoms with E-state index < -0.39 is 0 Å². The Morgan fingerprint density at radius 3 is 2.70 bits per heavy atom. The molecule has 0 atom stereocenters. The van der Waals surface area contributed by atoms with Gasteiger partial charge in [0.2, 0.25) is 0 Å². The molecule has 2 N–H and O–H groups in total. The number of nitrogen functional groups attached to an aromatic ring is 1. The van der Waals surface area contributed by atoms with E-state index in [1.807, 2.05) is 13.1 Å². The van der Waals surface area contributed by atoms with E-state index in [4.69, 9.17) is 5.73 Å². The van der Waals surface area contributed by atoms with Crippen molar-refractivity contribution in [1.82, 2.24) is 4.98 Å². The van der Waals surface area contributed by atoms with Crippen LogP contribution in [-0.4, -0.2) is 12.0 Å². The van der Waals surface area contributed by atoms with Gasteiger partial charge in [0.25, 0.3) is 0 Å². The summed E-state index contributed by atoms with van der Waals surface area (Å²) in [6.07, 6.45) is 3.46. The minimum Gasteiger partial charge on any atom is -0.396 e. The van der Waals surface area contributed by atoms with Crippen LogP contribution in [0.2, 0.25) is 0 Å². The molecule has 0 radical (unpaired) electrons. The van der Waals surface area contributed by atoms with Gasteiger partial charge in [-0.25, -0.2) is 0 Å². The van der Waals surface area contributed by atoms with Crippen molar-refractivity contribution in [3.8, 4) is 0 Å². The second kappa shape index (κ2) is 5.21. The molecular weight excluding hydrogens is 246 g/mol. The molecule has 0 aliphatic heterocycles. The third-order valence-corrected chi connectivity index (χ3v) is 3.53. The van der Waals surface area contributed by atoms with Gasteiger partial charge in [0, 0.05) is 19.8 Å². The molecule has 2 aromatic carbocycles. The van der Waals surface area contributed by atoms with E-state index >= 15 is 0 Å². The lowest BCUT2D eigenvalue weighted by molar-refractivity contribution is 0.930. The average molecular weight is 263 g/mol. The van der Waals surface area contributed by atoms with Crippen molar-refractivity contribution in [2.75, 3.05) is 17.7 Å². The summed E-state index contributed by atoms with van der Waals surface area (Å²) < 4.78 is 0. The Bertz CT molecular complexity index is 732. The summed E-state index contributed by atoms with van der Waals surface area (Å²) in [6, 6.07) is 16.8. The van der Waals surface area contributed by atoms with Crippen molar-refractivity contribution in [1.29, 1.82) is 0 Å². The lowest BCUT2D eigenvalue weighted by Gasteiger charge is -2.21. The first-order valence-corrected chi connectivity index (χ1v) is 6.63. The van der Waals surface area contributed by atoms with Crippen LogP contribution in [0.1, 0.15) is 5.56 Å². The van der Waals surface area contributed by atoms with E-state index in [1.54, 1.807) is 12.4 Å². The number of nitrogens with two attached hydrogens (primary N) is 1. The van der Waals surface area contributed by atoms with E-state index in [9.17, 15) is 0 Å². The Kier molecular flexibility index (Phi) is 3.25. The molecule has 0 saturated carbocycles. The van der Waals surface area contributed by atoms with Crippen LogP contribution in [0, 0.1) is 0 Å². The summed E-state index contributed by atoms with van der Waals surface area (Å²) in [5.74, 6) is 0. The predicted octanol–water partition coefficient (Wildman–Crippen LogP) is 3.45. The van der Waals surface area contributed by atoms with E-state index in [2.05, 4.69) is 52.3 Å². The molecule has 0 aliphatic carbocycles. The second-order valence-electron chi connectivity index (χ2n) is 4.93. The van der Waals surface area contributed by atoms with Crippen LogP contribution in [0.5, 0.6) is 0 Å². The third-order valence-electron chi connectivity index (χ3n) is 3.53. The fraction of sp³-hybridized carbons (Fsp3) is 0.118. The SMILES string of the molecule is CN(Cc1cccc2ccccc12)c1ccncc1N. The molecule has 3 rings (SSSR count). The molecule has 3 heteroatoms. The molecule has 1 heterocycles. The summed E-state index contributed by atoms with van der Waals surface area (Å²) in [7, 11) is 2.05. The molecule has 3 aromatic rings. The highest BCUT2D eigenvalue weighted by atomic mass is 15.1. The van der Waals surface area contributed by atoms with Crippen molar-refractivity contribution in [2.24, 2.45) is 0 Å². The number of hydrogen-bond donors (Lipinski definition) is 1. The minimum absolute atomic E-state index is 0.704. The smallest absolute Gasteiger partial charge is 0.0738 e. The Morgan fingerprint density at radius 1 is 1.05 bits per heavy atom. The van der Waals surface area contributed by atoms with Gasteiger partial charge in [-0.1, -0.05) is 42.5 Å². The first-order valence-electron chi connectivity index (χ1n) is 6.63. The Balaban J connectivity index is 1.96. The van der Waals surface area contributed by atoms with Gasteiger partial charge >= 0.3 is 0 Å². The first-order chi connectivity index (χ1) is 9.75. The summed E-state index contributed by atoms with van der Waals surface area (Å²) in [5.41, 5.74) is 8.99. The normalized spacial score (nSPS) is 10.7. The van der Waals surface area contributed by atoms with Crippen molar-refractivity contribution >= 4 is 22.1 Å². The molecule has 0 spiro atoms. The Hall–Kier alpha value is -2.55. The highest BCUT2D eigenvalue weighted by Gasteiger charge is 2.07. The topological polar surface area (TPSA) is 42.2 Å². The molecular formula is C17H17N3. The average Bonchev–Trinajstić information content (AvgIpc) is 2.48. The first kappa shape index (κ1) is 12.5. The molecule has 0 aliphatic rings. The molecule has 100 valence electrons. The number of benzene rings is 2. The quantitative estimate of drug-likeness (QED) is 0.787. The van der Waals surface area contributed by atoms with E-state index in [0.717, 1.165) is 12.2 Å². The zero-order chi connectivity index (χ0) is 13.9. The number of fused-ring (bicyclic) bond motifs is 1. The van der Waals surface area contributed by atoms with Crippen molar-refractivity contribution in [3.63, 3.8) is 0 Å². The lowest BCUT2D eigenvalue weighted by Crippen LogP contribution is -2.18. The zero-order valence-electron chi connectivity index (χ0n) is 11.5. The van der Waals surface area contributed by atoms with Crippen LogP contribution in [0.3, 0.4) is 0 Å². The van der Waals surface area contributed by atoms with E-state index in [1.165, 1.54) is 16.3 Å². The van der Waals surface area contributed by atoms with Crippen LogP contribution in [0.4, 0.5) is 11.4 Å². The van der Waals surface area contributed by atoms with Crippen LogP contribution in [0.15, 0.2) is 60.9 Å². The molecule has 0 unspecified atom stereocenters. The molecule has 3 nitrogen and oxygen atoms in total. The van der Waals surface area contributed by atoms with Gasteiger partial charge in [0.05, 0.1) is 17.6 Å². The van der Waals surface area contributed by atoms with Crippen LogP contribution >= 0.6 is 0 Å². The molecule has 0 fully saturated rings. The standard InChI is InChI=1S/C17H17N3/c1-20(17-9-10-19-11-16(17)18)12-14-7-4-6-13-5-2-3-8-15(13)14/h2-11H,12,18H2,1H3. The van der Waals surface area contributed by atoms with Crippen molar-refractivity contribution in [2.45, 2.75) is 6.54 Å². The maximum absolute atomic E-state index is 5.98. The number of hydrogen-bond acceptors (Lipinski definition) is 3. The highest BCUT2D eigenvalue weighted by molar-refractivity contribution is 5.86. The maximum atomic E-state index is 5.98. The van der Waals surface area contributed by atoms with Crippen LogP contribution < -0.4 is 10.6 Å². The third kappa shape index (κ3) is 2.30. The minimum atomic E-state index is 0.704. The second-order valence-corrected chi connectivity index (χ2v) is 4.93. The summed E-state index contributed by atoms with van der Waals surface area (Å²) in [6.45, 7) is 0.815. The number of aromatic nitrogens is 1. The largest absolute Gasteiger partial charge is 0.396 e. The van der Waals surface area contributed by atoms with Gasteiger partial charge in [0.1, 0.15) is 0 Å². The van der Waals surface area contributed by atoms with Crippen molar-refractivity contribution in [3.05, 3.63) is 66.5 Å². The fourth-order valence-corrected chi connectivity index (χ4v) is 2.52. The van der Waals surface area contributed by atoms with Gasteiger partial charge in [-0.3, -0.25) is 4.98 Å². The summed E-state index contributed by atoms with van der Waals surface area (Å²) >= 11 is 0. The van der Waals surface area contributed by atoms with Gasteiger partial charge in [-0.2, -0.15) is 0 Å². The van der Waals surface area contributed by atoms with Crippen LogP contribution in [-0.2, 0) is 6.54 Å². The maximum Gasteiger partial charge on any atom is 0.0738 e. The van der Waals surface area contributed by atoms with Gasteiger partial charge in [-0.05, 0) is 22.4 Å². The van der Waals surface area contributed by atoms with Crippen molar-refractivity contribution < 1.29 is 0 Å². The highest BCUT2D eigenvalue weighted by Crippen LogP contribution is 2.25. The van der Waals surface area contributed by atoms with Gasteiger partial charge in [0.15, 0.2) is 0 Å². The molecule has 20 heavy (non-hydrogen) atoms. The molecule has 0 amide bonds.